The third-order valence-electron chi connectivity index (χ3n) is 9.47. The molecule has 6 atom stereocenters. The van der Waals surface area contributed by atoms with Crippen molar-refractivity contribution < 1.29 is 24.2 Å². The molecule has 43 heavy (non-hydrogen) atoms. The molecule has 228 valence electrons. The smallest absolute Gasteiger partial charge is 0.311 e. The van der Waals surface area contributed by atoms with Gasteiger partial charge in [0, 0.05) is 17.0 Å². The number of thioether (sulfide) groups is 1. The lowest BCUT2D eigenvalue weighted by Gasteiger charge is -2.40. The summed E-state index contributed by atoms with van der Waals surface area (Å²) in [5.41, 5.74) is 3.65. The zero-order chi connectivity index (χ0) is 30.9. The van der Waals surface area contributed by atoms with E-state index in [-0.39, 0.29) is 31.6 Å². The van der Waals surface area contributed by atoms with Gasteiger partial charge < -0.3 is 19.6 Å². The van der Waals surface area contributed by atoms with Gasteiger partial charge in [-0.3, -0.25) is 14.4 Å². The van der Waals surface area contributed by atoms with Crippen LogP contribution in [0.4, 0.5) is 5.69 Å². The summed E-state index contributed by atoms with van der Waals surface area (Å²) in [7, 11) is 0. The van der Waals surface area contributed by atoms with E-state index in [1.807, 2.05) is 69.3 Å². The van der Waals surface area contributed by atoms with Crippen LogP contribution in [0, 0.1) is 25.7 Å². The lowest BCUT2D eigenvalue weighted by Crippen LogP contribution is -2.58. The number of hydrogen-bond donors (Lipinski definition) is 1. The number of amides is 2. The number of para-hydroxylation sites is 1. The van der Waals surface area contributed by atoms with E-state index in [2.05, 4.69) is 13.2 Å². The van der Waals surface area contributed by atoms with Crippen molar-refractivity contribution in [3.63, 3.8) is 0 Å². The molecule has 2 unspecified atom stereocenters. The van der Waals surface area contributed by atoms with Crippen molar-refractivity contribution in [2.24, 2.45) is 11.8 Å². The number of anilines is 1. The first kappa shape index (κ1) is 31.1. The second kappa shape index (κ2) is 12.3. The Bertz CT molecular complexity index is 1390. The van der Waals surface area contributed by atoms with Crippen molar-refractivity contribution in [1.82, 2.24) is 4.90 Å². The van der Waals surface area contributed by atoms with Gasteiger partial charge in [-0.05, 0) is 63.1 Å². The fourth-order valence-corrected chi connectivity index (χ4v) is 9.99. The number of carbonyl (C=O) groups excluding carboxylic acids is 3. The van der Waals surface area contributed by atoms with E-state index in [0.29, 0.717) is 25.7 Å². The van der Waals surface area contributed by atoms with Crippen LogP contribution >= 0.6 is 11.8 Å². The molecule has 0 saturated carbocycles. The van der Waals surface area contributed by atoms with Gasteiger partial charge in [-0.25, -0.2) is 0 Å². The van der Waals surface area contributed by atoms with E-state index < -0.39 is 39.4 Å². The first-order valence-electron chi connectivity index (χ1n) is 15.1. The molecule has 3 saturated heterocycles. The quantitative estimate of drug-likeness (QED) is 0.209. The lowest BCUT2D eigenvalue weighted by atomic mass is 9.66. The molecule has 0 radical (unpaired) electrons. The van der Waals surface area contributed by atoms with Gasteiger partial charge in [0.1, 0.15) is 6.04 Å². The number of benzene rings is 2. The van der Waals surface area contributed by atoms with Gasteiger partial charge in [-0.2, -0.15) is 0 Å². The number of aliphatic hydroxyl groups excluding tert-OH is 1. The molecule has 3 aliphatic rings. The minimum absolute atomic E-state index is 0.201. The predicted octanol–water partition coefficient (Wildman–Crippen LogP) is 5.03. The number of esters is 1. The largest absolute Gasteiger partial charge is 0.465 e. The van der Waals surface area contributed by atoms with Gasteiger partial charge >= 0.3 is 5.97 Å². The molecule has 0 aliphatic carbocycles. The highest BCUT2D eigenvalue weighted by molar-refractivity contribution is 8.02. The molecular weight excluding hydrogens is 560 g/mol. The van der Waals surface area contributed by atoms with Gasteiger partial charge in [0.25, 0.3) is 5.91 Å². The summed E-state index contributed by atoms with van der Waals surface area (Å²) < 4.78 is 4.32. The van der Waals surface area contributed by atoms with Crippen molar-refractivity contribution in [2.45, 2.75) is 68.0 Å². The summed E-state index contributed by atoms with van der Waals surface area (Å²) >= 11 is 1.61. The first-order valence-corrected chi connectivity index (χ1v) is 15.9. The number of likely N-dealkylation sites (tertiary alicyclic amines) is 1. The number of hydrogen-bond acceptors (Lipinski definition) is 6. The van der Waals surface area contributed by atoms with Crippen LogP contribution in [0.2, 0.25) is 0 Å². The maximum absolute atomic E-state index is 15.0. The predicted molar refractivity (Wildman–Crippen MR) is 171 cm³/mol. The summed E-state index contributed by atoms with van der Waals surface area (Å²) in [6.45, 7) is 13.8. The molecule has 3 heterocycles. The lowest BCUT2D eigenvalue weighted by molar-refractivity contribution is -0.156. The molecule has 0 aromatic heterocycles. The molecule has 5 rings (SSSR count). The van der Waals surface area contributed by atoms with E-state index in [0.717, 1.165) is 22.4 Å². The van der Waals surface area contributed by atoms with Crippen molar-refractivity contribution in [3.05, 3.63) is 90.5 Å². The summed E-state index contributed by atoms with van der Waals surface area (Å²) in [4.78, 5) is 46.8. The van der Waals surface area contributed by atoms with Crippen LogP contribution < -0.4 is 4.90 Å². The van der Waals surface area contributed by atoms with Gasteiger partial charge in [0.05, 0.1) is 35.8 Å². The van der Waals surface area contributed by atoms with Crippen LogP contribution in [-0.4, -0.2) is 69.1 Å². The molecule has 2 aromatic carbocycles. The van der Waals surface area contributed by atoms with Crippen molar-refractivity contribution >= 4 is 35.2 Å². The normalized spacial score (nSPS) is 28.0. The summed E-state index contributed by atoms with van der Waals surface area (Å²) in [6.07, 6.45) is 5.61. The highest BCUT2D eigenvalue weighted by atomic mass is 32.2. The van der Waals surface area contributed by atoms with Crippen LogP contribution in [0.3, 0.4) is 0 Å². The standard InChI is InChI=1S/C35H42N2O5S/c1-6-8-20-42-33(41)28-27-31(39)37(26(22-38)21-25-15-10-9-11-16-25)30(35(27)18-17-34(28,5)43-35)32(40)36(19-7-2)29-23(3)13-12-14-24(29)4/h6-7,9-16,26-28,30,38H,1-2,8,17-22H2,3-5H3/t26-,27+,28-,30?,34+,35?/m1/s1. The Hall–Kier alpha value is -3.36. The molecule has 2 bridgehead atoms. The summed E-state index contributed by atoms with van der Waals surface area (Å²) in [5.74, 6) is -2.28. The molecule has 1 N–H and O–H groups in total. The van der Waals surface area contributed by atoms with Crippen LogP contribution in [0.15, 0.2) is 73.8 Å². The van der Waals surface area contributed by atoms with Gasteiger partial charge in [0.2, 0.25) is 5.91 Å². The molecule has 3 aliphatic heterocycles. The number of fused-ring (bicyclic) bond motifs is 1. The monoisotopic (exact) mass is 602 g/mol. The zero-order valence-corrected chi connectivity index (χ0v) is 26.1. The Labute approximate surface area is 259 Å². The number of aliphatic hydroxyl groups is 1. The molecule has 2 amide bonds. The van der Waals surface area contributed by atoms with Crippen molar-refractivity contribution in [3.8, 4) is 0 Å². The number of nitrogens with zero attached hydrogens (tertiary/aromatic N) is 2. The highest BCUT2D eigenvalue weighted by Gasteiger charge is 2.78. The van der Waals surface area contributed by atoms with Crippen LogP contribution in [-0.2, 0) is 25.5 Å². The molecule has 7 nitrogen and oxygen atoms in total. The van der Waals surface area contributed by atoms with Crippen LogP contribution in [0.1, 0.15) is 42.9 Å². The number of aryl methyl sites for hydroxylation is 2. The Morgan fingerprint density at radius 1 is 1.12 bits per heavy atom. The maximum Gasteiger partial charge on any atom is 0.311 e. The van der Waals surface area contributed by atoms with Crippen LogP contribution in [0.5, 0.6) is 0 Å². The summed E-state index contributed by atoms with van der Waals surface area (Å²) in [6, 6.07) is 14.1. The second-order valence-electron chi connectivity index (χ2n) is 12.2. The molecule has 8 heteroatoms. The average Bonchev–Trinajstić information content (AvgIpc) is 3.56. The topological polar surface area (TPSA) is 87.1 Å². The molecule has 3 fully saturated rings. The number of ether oxygens (including phenoxy) is 1. The first-order chi connectivity index (χ1) is 20.6. The minimum atomic E-state index is -0.873. The average molecular weight is 603 g/mol. The third-order valence-corrected chi connectivity index (χ3v) is 11.5. The molecule has 2 aromatic rings. The van der Waals surface area contributed by atoms with Crippen LogP contribution in [0.25, 0.3) is 0 Å². The Morgan fingerprint density at radius 2 is 1.81 bits per heavy atom. The van der Waals surface area contributed by atoms with Gasteiger partial charge in [0.15, 0.2) is 0 Å². The van der Waals surface area contributed by atoms with Gasteiger partial charge in [-0.1, -0.05) is 60.7 Å². The van der Waals surface area contributed by atoms with E-state index >= 15 is 4.79 Å². The maximum atomic E-state index is 15.0. The van der Waals surface area contributed by atoms with Crippen molar-refractivity contribution in [2.75, 3.05) is 24.7 Å². The van der Waals surface area contributed by atoms with E-state index in [9.17, 15) is 14.7 Å². The molecular formula is C35H42N2O5S. The Kier molecular flexibility index (Phi) is 8.91. The number of carbonyl (C=O) groups is 3. The third kappa shape index (κ3) is 5.22. The second-order valence-corrected chi connectivity index (χ2v) is 14.1. The fraction of sp³-hybridized carbons (Fsp3) is 0.457. The fourth-order valence-electron chi connectivity index (χ4n) is 7.66. The van der Waals surface area contributed by atoms with E-state index in [1.54, 1.807) is 33.7 Å². The van der Waals surface area contributed by atoms with Gasteiger partial charge in [-0.15, -0.1) is 24.9 Å². The highest BCUT2D eigenvalue weighted by Crippen LogP contribution is 2.72. The SMILES string of the molecule is C=CCCOC(=O)[C@H]1[C@H]2C(=O)N([C@@H](CO)Cc3ccccc3)C(C(=O)N(CC=C)c3c(C)cccc3C)C23CC[C@]1(C)S3. The Morgan fingerprint density at radius 3 is 2.44 bits per heavy atom. The van der Waals surface area contributed by atoms with E-state index in [4.69, 9.17) is 4.74 Å². The minimum Gasteiger partial charge on any atom is -0.465 e. The Balaban J connectivity index is 1.63. The van der Waals surface area contributed by atoms with Crippen molar-refractivity contribution in [1.29, 1.82) is 0 Å². The zero-order valence-electron chi connectivity index (χ0n) is 25.3. The number of rotatable bonds is 12. The van der Waals surface area contributed by atoms with E-state index in [1.165, 1.54) is 0 Å². The molecule has 1 spiro atoms. The summed E-state index contributed by atoms with van der Waals surface area (Å²) in [5, 5.41) is 10.8.